The largest absolute Gasteiger partial charge is 0.270 e. The zero-order valence-electron chi connectivity index (χ0n) is 10.0. The molecule has 3 rings (SSSR count). The molecule has 0 saturated carbocycles. The maximum atomic E-state index is 13.7. The number of rotatable bonds is 2. The first-order valence-electron chi connectivity index (χ1n) is 5.87. The fourth-order valence-corrected chi connectivity index (χ4v) is 2.05. The van der Waals surface area contributed by atoms with Gasteiger partial charge in [0.25, 0.3) is 5.91 Å². The van der Waals surface area contributed by atoms with Crippen LogP contribution in [-0.4, -0.2) is 10.6 Å². The van der Waals surface area contributed by atoms with Gasteiger partial charge in [0.15, 0.2) is 0 Å². The van der Waals surface area contributed by atoms with Crippen LogP contribution in [0.4, 0.5) is 4.39 Å². The fraction of sp³-hybridized carbons (Fsp3) is 0. The average Bonchev–Trinajstić information content (AvgIpc) is 2.92. The number of carbonyl (C=O) groups is 1. The van der Waals surface area contributed by atoms with Crippen molar-refractivity contribution in [3.05, 3.63) is 72.3 Å². The highest BCUT2D eigenvalue weighted by atomic mass is 19.1. The summed E-state index contributed by atoms with van der Waals surface area (Å²) in [4.78, 5) is 12.2. The lowest BCUT2D eigenvalue weighted by atomic mass is 10.0. The lowest BCUT2D eigenvalue weighted by Gasteiger charge is -2.09. The van der Waals surface area contributed by atoms with Crippen molar-refractivity contribution in [2.45, 2.75) is 0 Å². The van der Waals surface area contributed by atoms with E-state index in [4.69, 9.17) is 0 Å². The summed E-state index contributed by atoms with van der Waals surface area (Å²) in [6.07, 6.45) is 3.45. The highest BCUT2D eigenvalue weighted by Crippen LogP contribution is 2.21. The number of benzene rings is 2. The second-order valence-electron chi connectivity index (χ2n) is 4.17. The van der Waals surface area contributed by atoms with E-state index in [0.29, 0.717) is 16.3 Å². The molecule has 0 bridgehead atoms. The quantitative estimate of drug-likeness (QED) is 0.748. The first-order valence-corrected chi connectivity index (χ1v) is 5.87. The Labute approximate surface area is 109 Å². The van der Waals surface area contributed by atoms with E-state index in [1.54, 1.807) is 41.3 Å². The molecule has 1 N–H and O–H groups in total. The van der Waals surface area contributed by atoms with Gasteiger partial charge in [-0.1, -0.05) is 24.3 Å². The van der Waals surface area contributed by atoms with Gasteiger partial charge in [-0.15, -0.1) is 0 Å². The predicted molar refractivity (Wildman–Crippen MR) is 72.0 cm³/mol. The van der Waals surface area contributed by atoms with Crippen molar-refractivity contribution < 1.29 is 9.18 Å². The van der Waals surface area contributed by atoms with Gasteiger partial charge >= 0.3 is 0 Å². The van der Waals surface area contributed by atoms with Crippen LogP contribution in [0.25, 0.3) is 10.8 Å². The standard InChI is InChI=1S/C15H11FN2O/c16-14-8-7-13(11-5-1-2-6-12(11)14)15(19)17-18-9-3-4-10-18/h1-10H,(H,17,19). The van der Waals surface area contributed by atoms with Gasteiger partial charge in [-0.2, -0.15) is 0 Å². The molecule has 1 aromatic heterocycles. The van der Waals surface area contributed by atoms with Crippen LogP contribution < -0.4 is 5.43 Å². The van der Waals surface area contributed by atoms with Crippen molar-refractivity contribution in [2.75, 3.05) is 5.43 Å². The van der Waals surface area contributed by atoms with E-state index in [1.807, 2.05) is 12.1 Å². The van der Waals surface area contributed by atoms with Gasteiger partial charge in [0, 0.05) is 23.3 Å². The van der Waals surface area contributed by atoms with Gasteiger partial charge < -0.3 is 0 Å². The summed E-state index contributed by atoms with van der Waals surface area (Å²) in [5.74, 6) is -0.597. The molecule has 1 amide bonds. The molecule has 2 aromatic carbocycles. The van der Waals surface area contributed by atoms with Crippen molar-refractivity contribution in [1.82, 2.24) is 4.68 Å². The van der Waals surface area contributed by atoms with Crippen LogP contribution in [0.1, 0.15) is 10.4 Å². The third-order valence-electron chi connectivity index (χ3n) is 2.95. The molecule has 0 aliphatic carbocycles. The molecule has 0 fully saturated rings. The van der Waals surface area contributed by atoms with Crippen LogP contribution in [0, 0.1) is 5.82 Å². The Bertz CT molecular complexity index is 735. The van der Waals surface area contributed by atoms with Crippen LogP contribution in [0.5, 0.6) is 0 Å². The summed E-state index contributed by atoms with van der Waals surface area (Å²) in [6.45, 7) is 0. The number of carbonyl (C=O) groups excluding carboxylic acids is 1. The summed E-state index contributed by atoms with van der Waals surface area (Å²) in [5, 5.41) is 1.05. The number of hydrogen-bond acceptors (Lipinski definition) is 1. The lowest BCUT2D eigenvalue weighted by Crippen LogP contribution is -2.21. The van der Waals surface area contributed by atoms with E-state index in [-0.39, 0.29) is 11.7 Å². The van der Waals surface area contributed by atoms with Gasteiger partial charge in [0.05, 0.1) is 0 Å². The Kier molecular flexibility index (Phi) is 2.76. The summed E-state index contributed by atoms with van der Waals surface area (Å²) >= 11 is 0. The monoisotopic (exact) mass is 254 g/mol. The molecule has 0 spiro atoms. The Morgan fingerprint density at radius 2 is 1.63 bits per heavy atom. The third-order valence-corrected chi connectivity index (χ3v) is 2.95. The molecule has 3 aromatic rings. The first kappa shape index (κ1) is 11.5. The number of aromatic nitrogens is 1. The molecule has 4 heteroatoms. The number of fused-ring (bicyclic) bond motifs is 1. The van der Waals surface area contributed by atoms with Crippen molar-refractivity contribution in [3.8, 4) is 0 Å². The molecule has 1 heterocycles. The topological polar surface area (TPSA) is 34.0 Å². The normalized spacial score (nSPS) is 10.6. The summed E-state index contributed by atoms with van der Waals surface area (Å²) in [7, 11) is 0. The molecule has 0 aliphatic heterocycles. The molecule has 0 atom stereocenters. The Morgan fingerprint density at radius 3 is 2.37 bits per heavy atom. The van der Waals surface area contributed by atoms with E-state index >= 15 is 0 Å². The lowest BCUT2D eigenvalue weighted by molar-refractivity contribution is 0.101. The maximum absolute atomic E-state index is 13.7. The zero-order valence-corrected chi connectivity index (χ0v) is 10.0. The number of amides is 1. The molecule has 19 heavy (non-hydrogen) atoms. The highest BCUT2D eigenvalue weighted by Gasteiger charge is 2.12. The minimum absolute atomic E-state index is 0.271. The minimum Gasteiger partial charge on any atom is -0.268 e. The smallest absolute Gasteiger partial charge is 0.268 e. The van der Waals surface area contributed by atoms with E-state index < -0.39 is 0 Å². The van der Waals surface area contributed by atoms with Crippen LogP contribution >= 0.6 is 0 Å². The van der Waals surface area contributed by atoms with E-state index in [0.717, 1.165) is 0 Å². The van der Waals surface area contributed by atoms with Gasteiger partial charge in [-0.25, -0.2) is 4.39 Å². The summed E-state index contributed by atoms with van der Waals surface area (Å²) in [6, 6.07) is 13.4. The van der Waals surface area contributed by atoms with E-state index in [9.17, 15) is 9.18 Å². The molecule has 0 radical (unpaired) electrons. The Morgan fingerprint density at radius 1 is 0.947 bits per heavy atom. The van der Waals surface area contributed by atoms with Crippen molar-refractivity contribution in [1.29, 1.82) is 0 Å². The van der Waals surface area contributed by atoms with Gasteiger partial charge in [-0.3, -0.25) is 14.9 Å². The van der Waals surface area contributed by atoms with Crippen LogP contribution in [-0.2, 0) is 0 Å². The molecule has 0 saturated heterocycles. The van der Waals surface area contributed by atoms with Crippen molar-refractivity contribution in [2.24, 2.45) is 0 Å². The van der Waals surface area contributed by atoms with Gasteiger partial charge in [-0.05, 0) is 29.7 Å². The molecular formula is C15H11FN2O. The van der Waals surface area contributed by atoms with Crippen LogP contribution in [0.15, 0.2) is 60.9 Å². The predicted octanol–water partition coefficient (Wildman–Crippen LogP) is 3.16. The fourth-order valence-electron chi connectivity index (χ4n) is 2.05. The van der Waals surface area contributed by atoms with E-state index in [2.05, 4.69) is 5.43 Å². The number of halogens is 1. The molecule has 94 valence electrons. The molecule has 3 nitrogen and oxygen atoms in total. The minimum atomic E-state index is -0.326. The second-order valence-corrected chi connectivity index (χ2v) is 4.17. The number of nitrogens with one attached hydrogen (secondary N) is 1. The summed E-state index contributed by atoms with van der Waals surface area (Å²) < 4.78 is 15.2. The number of nitrogens with zero attached hydrogens (tertiary/aromatic N) is 1. The van der Waals surface area contributed by atoms with Gasteiger partial charge in [0.1, 0.15) is 5.82 Å². The van der Waals surface area contributed by atoms with Crippen LogP contribution in [0.3, 0.4) is 0 Å². The van der Waals surface area contributed by atoms with Gasteiger partial charge in [0.2, 0.25) is 0 Å². The Hall–Kier alpha value is -2.62. The first-order chi connectivity index (χ1) is 9.25. The third kappa shape index (κ3) is 2.08. The van der Waals surface area contributed by atoms with Crippen molar-refractivity contribution >= 4 is 16.7 Å². The second kappa shape index (κ2) is 4.57. The number of hydrogen-bond donors (Lipinski definition) is 1. The average molecular weight is 254 g/mol. The maximum Gasteiger partial charge on any atom is 0.270 e. The van der Waals surface area contributed by atoms with Crippen molar-refractivity contribution in [3.63, 3.8) is 0 Å². The Balaban J connectivity index is 2.05. The SMILES string of the molecule is O=C(Nn1cccc1)c1ccc(F)c2ccccc12. The van der Waals surface area contributed by atoms with Crippen LogP contribution in [0.2, 0.25) is 0 Å². The molecular weight excluding hydrogens is 243 g/mol. The van der Waals surface area contributed by atoms with E-state index in [1.165, 1.54) is 12.1 Å². The molecule has 0 aliphatic rings. The molecule has 0 unspecified atom stereocenters. The highest BCUT2D eigenvalue weighted by molar-refractivity contribution is 6.10. The zero-order chi connectivity index (χ0) is 13.2. The summed E-state index contributed by atoms with van der Waals surface area (Å²) in [5.41, 5.74) is 3.15.